The van der Waals surface area contributed by atoms with E-state index in [-0.39, 0.29) is 6.04 Å². The van der Waals surface area contributed by atoms with Crippen molar-refractivity contribution < 1.29 is 4.74 Å². The monoisotopic (exact) mass is 362 g/mol. The minimum Gasteiger partial charge on any atom is -0.378 e. The minimum atomic E-state index is 0.156. The topological polar surface area (TPSA) is 41.5 Å². The van der Waals surface area contributed by atoms with Crippen molar-refractivity contribution in [1.29, 1.82) is 0 Å². The van der Waals surface area contributed by atoms with Crippen molar-refractivity contribution in [3.05, 3.63) is 21.1 Å². The zero-order valence-corrected chi connectivity index (χ0v) is 14.4. The van der Waals surface area contributed by atoms with E-state index in [2.05, 4.69) is 49.8 Å². The lowest BCUT2D eigenvalue weighted by molar-refractivity contribution is 0.178. The number of likely N-dealkylation sites (N-methyl/N-ethyl adjacent to an activating group) is 2. The fourth-order valence-corrected chi connectivity index (χ4v) is 2.90. The molecule has 1 aromatic heterocycles. The Balaban J connectivity index is 2.34. The van der Waals surface area contributed by atoms with Gasteiger partial charge in [0.2, 0.25) is 0 Å². The number of halogens is 2. The molecule has 20 heavy (non-hydrogen) atoms. The lowest BCUT2D eigenvalue weighted by Crippen LogP contribution is -2.32. The second-order valence-electron chi connectivity index (χ2n) is 5.18. The highest BCUT2D eigenvalue weighted by Gasteiger charge is 2.26. The van der Waals surface area contributed by atoms with Crippen LogP contribution in [0.25, 0.3) is 0 Å². The van der Waals surface area contributed by atoms with Gasteiger partial charge in [0.25, 0.3) is 0 Å². The first-order valence-electron chi connectivity index (χ1n) is 6.62. The smallest absolute Gasteiger partial charge is 0.148 e. The molecule has 2 rings (SSSR count). The van der Waals surface area contributed by atoms with Gasteiger partial charge in [0.1, 0.15) is 11.0 Å². The van der Waals surface area contributed by atoms with Crippen LogP contribution in [0.2, 0.25) is 5.15 Å². The van der Waals surface area contributed by atoms with Gasteiger partial charge in [-0.1, -0.05) is 11.6 Å². The second-order valence-corrected chi connectivity index (χ2v) is 6.33. The van der Waals surface area contributed by atoms with Gasteiger partial charge in [-0.15, -0.1) is 0 Å². The molecule has 112 valence electrons. The number of hydrogen-bond acceptors (Lipinski definition) is 5. The molecule has 0 amide bonds. The zero-order valence-electron chi connectivity index (χ0n) is 12.1. The van der Waals surface area contributed by atoms with Crippen LogP contribution in [0.4, 0.5) is 0 Å². The Bertz CT molecular complexity index is 474. The molecule has 1 aliphatic rings. The van der Waals surface area contributed by atoms with Crippen LogP contribution in [0.15, 0.2) is 4.47 Å². The molecule has 7 heteroatoms. The maximum absolute atomic E-state index is 6.21. The average molecular weight is 364 g/mol. The second kappa shape index (κ2) is 7.13. The van der Waals surface area contributed by atoms with E-state index < -0.39 is 0 Å². The largest absolute Gasteiger partial charge is 0.378 e. The summed E-state index contributed by atoms with van der Waals surface area (Å²) in [6, 6.07) is 0.156. The van der Waals surface area contributed by atoms with Crippen molar-refractivity contribution in [1.82, 2.24) is 19.8 Å². The predicted octanol–water partition coefficient (Wildman–Crippen LogP) is 2.35. The van der Waals surface area contributed by atoms with Gasteiger partial charge in [-0.05, 0) is 49.5 Å². The summed E-state index contributed by atoms with van der Waals surface area (Å²) in [4.78, 5) is 13.7. The van der Waals surface area contributed by atoms with E-state index in [0.29, 0.717) is 11.8 Å². The highest BCUT2D eigenvalue weighted by molar-refractivity contribution is 9.10. The number of hydrogen-bond donors (Lipinski definition) is 0. The van der Waals surface area contributed by atoms with Crippen LogP contribution in [-0.2, 0) is 11.3 Å². The Kier molecular flexibility index (Phi) is 5.74. The fraction of sp³-hybridized carbons (Fsp3) is 0.692. The van der Waals surface area contributed by atoms with E-state index in [0.717, 1.165) is 42.0 Å². The molecule has 0 N–H and O–H groups in total. The zero-order chi connectivity index (χ0) is 14.7. The van der Waals surface area contributed by atoms with Gasteiger partial charge in [-0.25, -0.2) is 9.97 Å². The van der Waals surface area contributed by atoms with Crippen LogP contribution in [0.3, 0.4) is 0 Å². The molecule has 1 fully saturated rings. The Morgan fingerprint density at radius 1 is 1.35 bits per heavy atom. The van der Waals surface area contributed by atoms with E-state index in [1.54, 1.807) is 7.11 Å². The van der Waals surface area contributed by atoms with Gasteiger partial charge in [0.05, 0.1) is 22.8 Å². The Hall–Kier alpha value is -0.270. The molecule has 2 heterocycles. The number of methoxy groups -OCH3 is 1. The number of ether oxygens (including phenoxy) is 1. The molecule has 0 aliphatic carbocycles. The molecule has 0 aromatic carbocycles. The average Bonchev–Trinajstić information content (AvgIpc) is 2.57. The summed E-state index contributed by atoms with van der Waals surface area (Å²) in [5.41, 5.74) is 0.794. The molecule has 0 spiro atoms. The minimum absolute atomic E-state index is 0.156. The molecule has 5 nitrogen and oxygen atoms in total. The molecule has 1 unspecified atom stereocenters. The van der Waals surface area contributed by atoms with Crippen LogP contribution in [0.5, 0.6) is 0 Å². The molecule has 1 aromatic rings. The maximum atomic E-state index is 6.21. The molecule has 0 bridgehead atoms. The summed E-state index contributed by atoms with van der Waals surface area (Å²) in [7, 11) is 5.88. The standard InChI is InChI=1S/C13H20BrClN4O/c1-18-5-4-6-19(2)10(7-18)13-16-9(8-20-3)11(14)12(15)17-13/h10H,4-8H2,1-3H3. The van der Waals surface area contributed by atoms with Crippen LogP contribution in [0, 0.1) is 0 Å². The summed E-state index contributed by atoms with van der Waals surface area (Å²) in [5, 5.41) is 0.447. The summed E-state index contributed by atoms with van der Waals surface area (Å²) in [6.07, 6.45) is 1.15. The van der Waals surface area contributed by atoms with Gasteiger partial charge >= 0.3 is 0 Å². The van der Waals surface area contributed by atoms with Crippen molar-refractivity contribution in [3.8, 4) is 0 Å². The highest BCUT2D eigenvalue weighted by atomic mass is 79.9. The fourth-order valence-electron chi connectivity index (χ4n) is 2.41. The summed E-state index contributed by atoms with van der Waals surface area (Å²) < 4.78 is 5.89. The first kappa shape index (κ1) is 16.1. The highest BCUT2D eigenvalue weighted by Crippen LogP contribution is 2.28. The van der Waals surface area contributed by atoms with Gasteiger partial charge in [0, 0.05) is 13.7 Å². The summed E-state index contributed by atoms with van der Waals surface area (Å²) >= 11 is 9.63. The lowest BCUT2D eigenvalue weighted by atomic mass is 10.2. The van der Waals surface area contributed by atoms with Gasteiger partial charge < -0.3 is 9.64 Å². The maximum Gasteiger partial charge on any atom is 0.148 e. The van der Waals surface area contributed by atoms with Crippen LogP contribution in [0.1, 0.15) is 24.0 Å². The van der Waals surface area contributed by atoms with Crippen LogP contribution < -0.4 is 0 Å². The van der Waals surface area contributed by atoms with Gasteiger partial charge in [0.15, 0.2) is 0 Å². The molecular weight excluding hydrogens is 344 g/mol. The summed E-state index contributed by atoms with van der Waals surface area (Å²) in [6.45, 7) is 3.45. The van der Waals surface area contributed by atoms with Crippen molar-refractivity contribution >= 4 is 27.5 Å². The number of rotatable bonds is 3. The molecule has 1 atom stereocenters. The normalized spacial score (nSPS) is 21.9. The third kappa shape index (κ3) is 3.68. The van der Waals surface area contributed by atoms with E-state index in [9.17, 15) is 0 Å². The van der Waals surface area contributed by atoms with Crippen molar-refractivity contribution in [2.24, 2.45) is 0 Å². The van der Waals surface area contributed by atoms with E-state index >= 15 is 0 Å². The molecule has 0 saturated carbocycles. The van der Waals surface area contributed by atoms with Crippen LogP contribution >= 0.6 is 27.5 Å². The first-order valence-corrected chi connectivity index (χ1v) is 7.79. The Morgan fingerprint density at radius 2 is 2.10 bits per heavy atom. The van der Waals surface area contributed by atoms with Crippen molar-refractivity contribution in [2.45, 2.75) is 19.1 Å². The third-order valence-electron chi connectivity index (χ3n) is 3.54. The van der Waals surface area contributed by atoms with E-state index in [4.69, 9.17) is 16.3 Å². The molecule has 1 aliphatic heterocycles. The van der Waals surface area contributed by atoms with Crippen molar-refractivity contribution in [2.75, 3.05) is 40.8 Å². The Labute approximate surface area is 133 Å². The Morgan fingerprint density at radius 3 is 2.80 bits per heavy atom. The number of nitrogens with zero attached hydrogens (tertiary/aromatic N) is 4. The predicted molar refractivity (Wildman–Crippen MR) is 82.9 cm³/mol. The van der Waals surface area contributed by atoms with E-state index in [1.165, 1.54) is 0 Å². The quantitative estimate of drug-likeness (QED) is 0.771. The summed E-state index contributed by atoms with van der Waals surface area (Å²) in [5.74, 6) is 0.765. The SMILES string of the molecule is COCc1nc(C2CN(C)CCCN2C)nc(Cl)c1Br. The first-order chi connectivity index (χ1) is 9.52. The lowest BCUT2D eigenvalue weighted by Gasteiger charge is -2.26. The number of aromatic nitrogens is 2. The third-order valence-corrected chi connectivity index (χ3v) is 4.88. The van der Waals surface area contributed by atoms with E-state index in [1.807, 2.05) is 0 Å². The van der Waals surface area contributed by atoms with Crippen molar-refractivity contribution in [3.63, 3.8) is 0 Å². The molecular formula is C13H20BrClN4O. The van der Waals surface area contributed by atoms with Gasteiger partial charge in [-0.3, -0.25) is 4.90 Å². The molecule has 1 saturated heterocycles. The van der Waals surface area contributed by atoms with Crippen LogP contribution in [-0.4, -0.2) is 60.6 Å². The van der Waals surface area contributed by atoms with Gasteiger partial charge in [-0.2, -0.15) is 0 Å². The molecule has 0 radical (unpaired) electrons.